The van der Waals surface area contributed by atoms with E-state index in [2.05, 4.69) is 10.6 Å². The average Bonchev–Trinajstić information content (AvgIpc) is 2.72. The van der Waals surface area contributed by atoms with Gasteiger partial charge in [-0.15, -0.1) is 0 Å². The lowest BCUT2D eigenvalue weighted by Crippen LogP contribution is -2.51. The second-order valence-corrected chi connectivity index (χ2v) is 5.15. The Balaban J connectivity index is 2.61. The first-order valence-corrected chi connectivity index (χ1v) is 6.27. The highest BCUT2D eigenvalue weighted by molar-refractivity contribution is 5.84. The average molecular weight is 271 g/mol. The quantitative estimate of drug-likeness (QED) is 0.671. The van der Waals surface area contributed by atoms with E-state index >= 15 is 0 Å². The van der Waals surface area contributed by atoms with Gasteiger partial charge in [-0.3, -0.25) is 9.59 Å². The Bertz CT molecular complexity index is 385. The van der Waals surface area contributed by atoms with Crippen LogP contribution in [0.5, 0.6) is 0 Å². The van der Waals surface area contributed by atoms with Gasteiger partial charge in [0.1, 0.15) is 6.54 Å². The number of hydrogen-bond donors (Lipinski definition) is 3. The van der Waals surface area contributed by atoms with Gasteiger partial charge in [0.25, 0.3) is 0 Å². The Hall–Kier alpha value is -1.79. The molecule has 3 amide bonds. The fourth-order valence-electron chi connectivity index (χ4n) is 2.28. The van der Waals surface area contributed by atoms with Crippen LogP contribution in [0.15, 0.2) is 0 Å². The van der Waals surface area contributed by atoms with Crippen molar-refractivity contribution in [2.24, 2.45) is 5.41 Å². The molecular weight excluding hydrogens is 250 g/mol. The molecule has 3 N–H and O–H groups in total. The van der Waals surface area contributed by atoms with Crippen molar-refractivity contribution in [2.75, 3.05) is 20.6 Å². The molecule has 0 aromatic rings. The molecule has 7 heteroatoms. The molecule has 1 aliphatic carbocycles. The lowest BCUT2D eigenvalue weighted by atomic mass is 9.85. The molecule has 1 saturated carbocycles. The van der Waals surface area contributed by atoms with Crippen LogP contribution < -0.4 is 10.6 Å². The van der Waals surface area contributed by atoms with Gasteiger partial charge >= 0.3 is 12.0 Å². The highest BCUT2D eigenvalue weighted by atomic mass is 16.4. The molecule has 0 aromatic carbocycles. The zero-order chi connectivity index (χ0) is 14.6. The van der Waals surface area contributed by atoms with Gasteiger partial charge in [-0.25, -0.2) is 4.79 Å². The van der Waals surface area contributed by atoms with E-state index in [0.29, 0.717) is 12.8 Å². The van der Waals surface area contributed by atoms with E-state index in [1.54, 1.807) is 6.92 Å². The monoisotopic (exact) mass is 271 g/mol. The maximum absolute atomic E-state index is 11.9. The molecule has 0 saturated heterocycles. The lowest BCUT2D eigenvalue weighted by molar-refractivity contribution is -0.148. The van der Waals surface area contributed by atoms with Crippen LogP contribution in [-0.2, 0) is 9.59 Å². The molecule has 0 heterocycles. The number of carboxylic acid groups (broad SMARTS) is 1. The molecule has 1 fully saturated rings. The fraction of sp³-hybridized carbons (Fsp3) is 0.750. The fourth-order valence-corrected chi connectivity index (χ4v) is 2.28. The van der Waals surface area contributed by atoms with Crippen LogP contribution in [0.1, 0.15) is 26.2 Å². The first-order chi connectivity index (χ1) is 8.81. The minimum atomic E-state index is -0.927. The summed E-state index contributed by atoms with van der Waals surface area (Å²) < 4.78 is 0. The van der Waals surface area contributed by atoms with Gasteiger partial charge in [-0.1, -0.05) is 6.42 Å². The van der Waals surface area contributed by atoms with Gasteiger partial charge in [0.05, 0.1) is 5.41 Å². The Kier molecular flexibility index (Phi) is 4.74. The second kappa shape index (κ2) is 5.90. The number of carbonyl (C=O) groups is 3. The van der Waals surface area contributed by atoms with Crippen LogP contribution in [0.25, 0.3) is 0 Å². The van der Waals surface area contributed by atoms with Crippen molar-refractivity contribution in [3.05, 3.63) is 0 Å². The zero-order valence-corrected chi connectivity index (χ0v) is 11.5. The molecule has 19 heavy (non-hydrogen) atoms. The molecule has 1 rings (SSSR count). The molecular formula is C12H21N3O4. The lowest BCUT2D eigenvalue weighted by Gasteiger charge is -2.29. The number of carbonyl (C=O) groups excluding carboxylic acids is 2. The Morgan fingerprint density at radius 2 is 2.05 bits per heavy atom. The summed E-state index contributed by atoms with van der Waals surface area (Å²) in [5.74, 6) is -1.17. The van der Waals surface area contributed by atoms with Crippen molar-refractivity contribution in [3.8, 4) is 0 Å². The predicted molar refractivity (Wildman–Crippen MR) is 68.6 cm³/mol. The summed E-state index contributed by atoms with van der Waals surface area (Å²) in [7, 11) is 2.99. The minimum absolute atomic E-state index is 0.0567. The highest BCUT2D eigenvalue weighted by Gasteiger charge is 2.46. The predicted octanol–water partition coefficient (Wildman–Crippen LogP) is 0.0172. The van der Waals surface area contributed by atoms with E-state index in [1.807, 2.05) is 0 Å². The van der Waals surface area contributed by atoms with Gasteiger partial charge in [0.15, 0.2) is 0 Å². The molecule has 2 atom stereocenters. The normalized spacial score (nSPS) is 25.7. The topological polar surface area (TPSA) is 98.7 Å². The van der Waals surface area contributed by atoms with Crippen molar-refractivity contribution < 1.29 is 19.5 Å². The van der Waals surface area contributed by atoms with E-state index in [-0.39, 0.29) is 12.5 Å². The van der Waals surface area contributed by atoms with E-state index in [0.717, 1.165) is 6.42 Å². The van der Waals surface area contributed by atoms with Crippen molar-refractivity contribution in [1.82, 2.24) is 15.5 Å². The van der Waals surface area contributed by atoms with Gasteiger partial charge < -0.3 is 20.6 Å². The molecule has 108 valence electrons. The summed E-state index contributed by atoms with van der Waals surface area (Å²) in [6.07, 6.45) is 1.96. The number of likely N-dealkylation sites (N-methyl/N-ethyl adjacent to an activating group) is 2. The molecule has 0 aliphatic heterocycles. The number of nitrogens with one attached hydrogen (secondary N) is 2. The summed E-state index contributed by atoms with van der Waals surface area (Å²) in [5, 5.41) is 14.4. The third-order valence-electron chi connectivity index (χ3n) is 3.75. The smallest absolute Gasteiger partial charge is 0.317 e. The molecule has 0 bridgehead atoms. The number of urea groups is 1. The Morgan fingerprint density at radius 1 is 1.42 bits per heavy atom. The number of aliphatic carboxylic acids is 1. The van der Waals surface area contributed by atoms with Gasteiger partial charge in [-0.05, 0) is 19.8 Å². The van der Waals surface area contributed by atoms with Crippen LogP contribution in [0.3, 0.4) is 0 Å². The van der Waals surface area contributed by atoms with Gasteiger partial charge in [0, 0.05) is 20.1 Å². The van der Waals surface area contributed by atoms with Crippen molar-refractivity contribution in [1.29, 1.82) is 0 Å². The first-order valence-electron chi connectivity index (χ1n) is 6.27. The van der Waals surface area contributed by atoms with Gasteiger partial charge in [-0.2, -0.15) is 0 Å². The van der Waals surface area contributed by atoms with Crippen molar-refractivity contribution in [3.63, 3.8) is 0 Å². The van der Waals surface area contributed by atoms with Crippen LogP contribution in [0.4, 0.5) is 4.79 Å². The zero-order valence-electron chi connectivity index (χ0n) is 11.5. The summed E-state index contributed by atoms with van der Waals surface area (Å²) in [4.78, 5) is 35.6. The van der Waals surface area contributed by atoms with E-state index in [9.17, 15) is 19.5 Å². The number of amides is 3. The van der Waals surface area contributed by atoms with Crippen LogP contribution >= 0.6 is 0 Å². The standard InChI is InChI=1S/C12H21N3O4/c1-12(10(17)18)6-4-5-8(12)14-11(19)15(3)7-9(16)13-2/h8H,4-7H2,1-3H3,(H,13,16)(H,14,19)(H,17,18). The molecule has 2 unspecified atom stereocenters. The van der Waals surface area contributed by atoms with Crippen LogP contribution in [-0.4, -0.2) is 54.6 Å². The Labute approximate surface area is 112 Å². The third-order valence-corrected chi connectivity index (χ3v) is 3.75. The number of hydrogen-bond acceptors (Lipinski definition) is 3. The maximum Gasteiger partial charge on any atom is 0.317 e. The highest BCUT2D eigenvalue weighted by Crippen LogP contribution is 2.38. The molecule has 0 spiro atoms. The minimum Gasteiger partial charge on any atom is -0.481 e. The number of nitrogens with zero attached hydrogens (tertiary/aromatic N) is 1. The number of rotatable bonds is 4. The summed E-state index contributed by atoms with van der Waals surface area (Å²) in [5.41, 5.74) is -0.927. The third kappa shape index (κ3) is 3.36. The summed E-state index contributed by atoms with van der Waals surface area (Å²) in [6, 6.07) is -0.826. The molecule has 0 aromatic heterocycles. The largest absolute Gasteiger partial charge is 0.481 e. The summed E-state index contributed by atoms with van der Waals surface area (Å²) >= 11 is 0. The van der Waals surface area contributed by atoms with Crippen LogP contribution in [0.2, 0.25) is 0 Å². The molecule has 0 radical (unpaired) electrons. The molecule has 7 nitrogen and oxygen atoms in total. The van der Waals surface area contributed by atoms with Gasteiger partial charge in [0.2, 0.25) is 5.91 Å². The van der Waals surface area contributed by atoms with Crippen LogP contribution in [0, 0.1) is 5.41 Å². The maximum atomic E-state index is 11.9. The number of carboxylic acids is 1. The van der Waals surface area contributed by atoms with Crippen molar-refractivity contribution >= 4 is 17.9 Å². The molecule has 1 aliphatic rings. The first kappa shape index (κ1) is 15.3. The van der Waals surface area contributed by atoms with E-state index in [1.165, 1.54) is 19.0 Å². The Morgan fingerprint density at radius 3 is 2.58 bits per heavy atom. The van der Waals surface area contributed by atoms with E-state index < -0.39 is 23.5 Å². The van der Waals surface area contributed by atoms with Crippen molar-refractivity contribution in [2.45, 2.75) is 32.2 Å². The SMILES string of the molecule is CNC(=O)CN(C)C(=O)NC1CCCC1(C)C(=O)O. The summed E-state index contributed by atoms with van der Waals surface area (Å²) in [6.45, 7) is 1.59. The second-order valence-electron chi connectivity index (χ2n) is 5.15. The van der Waals surface area contributed by atoms with E-state index in [4.69, 9.17) is 0 Å².